The molecule has 0 aromatic heterocycles. The van der Waals surface area contributed by atoms with Gasteiger partial charge in [0.25, 0.3) is 0 Å². The fraction of sp³-hybridized carbons (Fsp3) is 0.571. The van der Waals surface area contributed by atoms with Crippen molar-refractivity contribution in [2.75, 3.05) is 0 Å². The lowest BCUT2D eigenvalue weighted by atomic mass is 10.3. The summed E-state index contributed by atoms with van der Waals surface area (Å²) in [5, 5.41) is 0. The third-order valence-corrected chi connectivity index (χ3v) is 0.823. The van der Waals surface area contributed by atoms with Crippen LogP contribution in [0.25, 0.3) is 0 Å². The predicted octanol–water partition coefficient (Wildman–Crippen LogP) is 6.25. The summed E-state index contributed by atoms with van der Waals surface area (Å²) in [6, 6.07) is 0. The molecule has 0 unspecified atom stereocenters. The molecule has 18 heavy (non-hydrogen) atoms. The summed E-state index contributed by atoms with van der Waals surface area (Å²) in [6.07, 6.45) is -2.54. The van der Waals surface area contributed by atoms with E-state index in [-0.39, 0.29) is 5.76 Å². The van der Waals surface area contributed by atoms with Gasteiger partial charge in [-0.05, 0) is 19.1 Å². The van der Waals surface area contributed by atoms with Gasteiger partial charge in [-0.3, -0.25) is 0 Å². The van der Waals surface area contributed by atoms with E-state index in [1.54, 1.807) is 6.92 Å². The Morgan fingerprint density at radius 3 is 1.50 bits per heavy atom. The molecule has 1 nitrogen and oxygen atoms in total. The first-order valence-corrected chi connectivity index (χ1v) is 6.10. The highest BCUT2D eigenvalue weighted by Crippen LogP contribution is 2.21. The number of alkyl halides is 3. The maximum Gasteiger partial charge on any atom is 0.573 e. The van der Waals surface area contributed by atoms with Gasteiger partial charge in [-0.15, -0.1) is 13.2 Å². The second-order valence-corrected chi connectivity index (χ2v) is 2.14. The van der Waals surface area contributed by atoms with Gasteiger partial charge in [0.1, 0.15) is 5.76 Å². The molecule has 0 aliphatic rings. The maximum atomic E-state index is 11.6. The lowest BCUT2D eigenvalue weighted by Gasteiger charge is -2.08. The van der Waals surface area contributed by atoms with Crippen molar-refractivity contribution in [3.63, 3.8) is 0 Å². The summed E-state index contributed by atoms with van der Waals surface area (Å²) in [5.41, 5.74) is 0.467. The first-order valence-electron chi connectivity index (χ1n) is 6.10. The molecule has 110 valence electrons. The van der Waals surface area contributed by atoms with E-state index in [0.717, 1.165) is 12.2 Å². The van der Waals surface area contributed by atoms with Crippen LogP contribution in [-0.4, -0.2) is 6.36 Å². The van der Waals surface area contributed by atoms with Crippen LogP contribution in [0.1, 0.15) is 48.5 Å². The van der Waals surface area contributed by atoms with Crippen LogP contribution >= 0.6 is 0 Å². The minimum atomic E-state index is -4.67. The largest absolute Gasteiger partial charge is 0.573 e. The number of halogens is 3. The molecular formula is C14H27F3O. The fourth-order valence-corrected chi connectivity index (χ4v) is 0.507. The first kappa shape index (κ1) is 25.6. The molecule has 0 aromatic rings. The molecular weight excluding hydrogens is 241 g/mol. The minimum absolute atomic E-state index is 0.352. The Labute approximate surface area is 110 Å². The monoisotopic (exact) mass is 268 g/mol. The lowest BCUT2D eigenvalue weighted by Crippen LogP contribution is -2.11. The van der Waals surface area contributed by atoms with E-state index in [2.05, 4.69) is 17.9 Å². The van der Waals surface area contributed by atoms with Crippen molar-refractivity contribution in [2.24, 2.45) is 0 Å². The number of hydrogen-bond acceptors (Lipinski definition) is 1. The highest BCUT2D eigenvalue weighted by atomic mass is 19.4. The van der Waals surface area contributed by atoms with Crippen LogP contribution in [0.5, 0.6) is 0 Å². The van der Waals surface area contributed by atoms with Gasteiger partial charge in [-0.2, -0.15) is 0 Å². The normalized spacial score (nSPS) is 9.33. The minimum Gasteiger partial charge on any atom is -0.406 e. The van der Waals surface area contributed by atoms with Crippen LogP contribution in [0.2, 0.25) is 0 Å². The quantitative estimate of drug-likeness (QED) is 0.434. The van der Waals surface area contributed by atoms with E-state index in [0.29, 0.717) is 5.57 Å². The van der Waals surface area contributed by atoms with E-state index in [4.69, 9.17) is 0 Å². The van der Waals surface area contributed by atoms with Crippen LogP contribution < -0.4 is 0 Å². The van der Waals surface area contributed by atoms with Crippen molar-refractivity contribution in [3.05, 3.63) is 36.6 Å². The fourth-order valence-electron chi connectivity index (χ4n) is 0.507. The van der Waals surface area contributed by atoms with Gasteiger partial charge in [0.2, 0.25) is 0 Å². The third-order valence-electron chi connectivity index (χ3n) is 0.823. The molecule has 0 aliphatic heterocycles. The molecule has 0 saturated heterocycles. The SMILES string of the molecule is C=C/C(=C\C(=C)C)OC(F)(F)F.CC.CC.CC. The van der Waals surface area contributed by atoms with Crippen molar-refractivity contribution in [1.29, 1.82) is 0 Å². The summed E-state index contributed by atoms with van der Waals surface area (Å²) in [4.78, 5) is 0. The Hall–Kier alpha value is -1.19. The van der Waals surface area contributed by atoms with Gasteiger partial charge in [0, 0.05) is 0 Å². The zero-order valence-corrected chi connectivity index (χ0v) is 12.6. The highest BCUT2D eigenvalue weighted by molar-refractivity contribution is 5.21. The first-order chi connectivity index (χ1) is 8.35. The Kier molecular flexibility index (Phi) is 25.9. The smallest absolute Gasteiger partial charge is 0.406 e. The molecule has 0 amide bonds. The molecule has 0 atom stereocenters. The van der Waals surface area contributed by atoms with Gasteiger partial charge < -0.3 is 4.74 Å². The van der Waals surface area contributed by atoms with Crippen LogP contribution in [-0.2, 0) is 4.74 Å². The number of ether oxygens (including phenoxy) is 1. The molecule has 0 spiro atoms. The zero-order valence-electron chi connectivity index (χ0n) is 12.6. The second-order valence-electron chi connectivity index (χ2n) is 2.14. The van der Waals surface area contributed by atoms with Crippen molar-refractivity contribution in [1.82, 2.24) is 0 Å². The van der Waals surface area contributed by atoms with Crippen LogP contribution in [0, 0.1) is 0 Å². The summed E-state index contributed by atoms with van der Waals surface area (Å²) in [5.74, 6) is -0.352. The number of hydrogen-bond donors (Lipinski definition) is 0. The van der Waals surface area contributed by atoms with Gasteiger partial charge in [0.15, 0.2) is 0 Å². The average molecular weight is 268 g/mol. The molecule has 0 fully saturated rings. The van der Waals surface area contributed by atoms with E-state index in [1.807, 2.05) is 41.5 Å². The van der Waals surface area contributed by atoms with Crippen LogP contribution in [0.3, 0.4) is 0 Å². The van der Waals surface area contributed by atoms with E-state index >= 15 is 0 Å². The molecule has 0 rings (SSSR count). The van der Waals surface area contributed by atoms with Crippen molar-refractivity contribution >= 4 is 0 Å². The summed E-state index contributed by atoms with van der Waals surface area (Å²) < 4.78 is 38.4. The molecule has 0 N–H and O–H groups in total. The molecule has 0 heterocycles. The van der Waals surface area contributed by atoms with Crippen molar-refractivity contribution in [2.45, 2.75) is 54.8 Å². The lowest BCUT2D eigenvalue weighted by molar-refractivity contribution is -0.303. The maximum absolute atomic E-state index is 11.6. The average Bonchev–Trinajstić information content (AvgIpc) is 2.33. The Bertz CT molecular complexity index is 216. The van der Waals surface area contributed by atoms with Crippen LogP contribution in [0.15, 0.2) is 36.6 Å². The molecule has 4 heteroatoms. The van der Waals surface area contributed by atoms with E-state index in [9.17, 15) is 13.2 Å². The summed E-state index contributed by atoms with van der Waals surface area (Å²) in [7, 11) is 0. The highest BCUT2D eigenvalue weighted by Gasteiger charge is 2.31. The number of allylic oxidation sites excluding steroid dienone is 3. The van der Waals surface area contributed by atoms with Gasteiger partial charge >= 0.3 is 6.36 Å². The van der Waals surface area contributed by atoms with Gasteiger partial charge in [-0.25, -0.2) is 0 Å². The second kappa shape index (κ2) is 18.2. The van der Waals surface area contributed by atoms with Crippen LogP contribution in [0.4, 0.5) is 13.2 Å². The third kappa shape index (κ3) is 29.3. The molecule has 0 aromatic carbocycles. The molecule has 0 aliphatic carbocycles. The Morgan fingerprint density at radius 2 is 1.33 bits per heavy atom. The van der Waals surface area contributed by atoms with Gasteiger partial charge in [0.05, 0.1) is 0 Å². The molecule has 0 radical (unpaired) electrons. The molecule has 0 saturated carbocycles. The van der Waals surface area contributed by atoms with E-state index < -0.39 is 6.36 Å². The van der Waals surface area contributed by atoms with Crippen molar-refractivity contribution < 1.29 is 17.9 Å². The standard InChI is InChI=1S/C8H9F3O.3C2H6/c1-4-7(5-6(2)3)12-8(9,10)11;3*1-2/h4-5H,1-2H2,3H3;3*1-2H3/b7-5+;;;. The predicted molar refractivity (Wildman–Crippen MR) is 74.3 cm³/mol. The van der Waals surface area contributed by atoms with E-state index in [1.165, 1.54) is 0 Å². The summed E-state index contributed by atoms with van der Waals surface area (Å²) in [6.45, 7) is 20.1. The van der Waals surface area contributed by atoms with Crippen molar-refractivity contribution in [3.8, 4) is 0 Å². The Balaban J connectivity index is -0.000000141. The Morgan fingerprint density at radius 1 is 1.00 bits per heavy atom. The number of rotatable bonds is 3. The zero-order chi connectivity index (χ0) is 15.8. The molecule has 0 bridgehead atoms. The summed E-state index contributed by atoms with van der Waals surface area (Å²) >= 11 is 0. The topological polar surface area (TPSA) is 9.23 Å². The van der Waals surface area contributed by atoms with Gasteiger partial charge in [-0.1, -0.05) is 60.3 Å².